The molecular weight excluding hydrogens is 378 g/mol. The molecule has 0 spiro atoms. The number of likely N-dealkylation sites (tertiary alicyclic amines) is 1. The molecule has 28 heavy (non-hydrogen) atoms. The number of amides is 1. The summed E-state index contributed by atoms with van der Waals surface area (Å²) < 4.78 is 0. The minimum Gasteiger partial charge on any atom is -0.477 e. The predicted octanol–water partition coefficient (Wildman–Crippen LogP) is 1.21. The number of aliphatic hydroxyl groups excluding tert-OH is 1. The Morgan fingerprint density at radius 3 is 2.71 bits per heavy atom. The lowest BCUT2D eigenvalue weighted by atomic mass is 9.79. The van der Waals surface area contributed by atoms with Gasteiger partial charge >= 0.3 is 5.97 Å². The normalized spacial score (nSPS) is 36.4. The van der Waals surface area contributed by atoms with Gasteiger partial charge in [0.25, 0.3) is 0 Å². The van der Waals surface area contributed by atoms with E-state index in [9.17, 15) is 19.8 Å². The number of aliphatic hydroxyl groups is 1. The van der Waals surface area contributed by atoms with E-state index in [0.717, 1.165) is 31.0 Å². The van der Waals surface area contributed by atoms with Crippen LogP contribution in [0.3, 0.4) is 0 Å². The first-order valence-electron chi connectivity index (χ1n) is 10.2. The van der Waals surface area contributed by atoms with E-state index in [2.05, 4.69) is 22.5 Å². The fourth-order valence-electron chi connectivity index (χ4n) is 4.94. The fourth-order valence-corrected chi connectivity index (χ4v) is 6.44. The van der Waals surface area contributed by atoms with E-state index >= 15 is 0 Å². The number of carboxylic acid groups (broad SMARTS) is 1. The number of hydrogen-bond donors (Lipinski definition) is 3. The molecule has 4 aliphatic rings. The van der Waals surface area contributed by atoms with Crippen LogP contribution in [0.5, 0.6) is 0 Å². The number of β-lactam (4-membered cyclic amide) rings is 1. The van der Waals surface area contributed by atoms with Gasteiger partial charge in [0.15, 0.2) is 0 Å². The highest BCUT2D eigenvalue weighted by molar-refractivity contribution is 8.03. The molecule has 4 heterocycles. The lowest BCUT2D eigenvalue weighted by Crippen LogP contribution is -2.63. The molecule has 4 rings (SSSR count). The monoisotopic (exact) mass is 407 g/mol. The van der Waals surface area contributed by atoms with Gasteiger partial charge in [-0.2, -0.15) is 0 Å². The maximum Gasteiger partial charge on any atom is 0.353 e. The van der Waals surface area contributed by atoms with E-state index in [1.165, 1.54) is 17.7 Å². The third-order valence-corrected chi connectivity index (χ3v) is 7.91. The van der Waals surface area contributed by atoms with Crippen LogP contribution in [0.15, 0.2) is 22.9 Å². The van der Waals surface area contributed by atoms with Gasteiger partial charge in [0.1, 0.15) is 5.70 Å². The first-order valence-corrected chi connectivity index (χ1v) is 11.1. The Bertz CT molecular complexity index is 716. The molecule has 0 bridgehead atoms. The second-order valence-electron chi connectivity index (χ2n) is 8.35. The molecule has 8 heteroatoms. The number of carbonyl (C=O) groups is 2. The number of rotatable bonds is 6. The van der Waals surface area contributed by atoms with Gasteiger partial charge in [-0.25, -0.2) is 4.79 Å². The Kier molecular flexibility index (Phi) is 5.46. The van der Waals surface area contributed by atoms with E-state index in [-0.39, 0.29) is 28.8 Å². The molecule has 3 saturated heterocycles. The summed E-state index contributed by atoms with van der Waals surface area (Å²) in [5, 5.41) is 23.5. The number of fused-ring (bicyclic) bond motifs is 1. The number of carbonyl (C=O) groups excluding carboxylic acids is 1. The van der Waals surface area contributed by atoms with Crippen LogP contribution in [0.1, 0.15) is 33.1 Å². The highest BCUT2D eigenvalue weighted by atomic mass is 32.2. The molecule has 0 saturated carbocycles. The smallest absolute Gasteiger partial charge is 0.353 e. The maximum absolute atomic E-state index is 12.4. The summed E-state index contributed by atoms with van der Waals surface area (Å²) in [5.41, 5.74) is 0.125. The molecule has 2 unspecified atom stereocenters. The van der Waals surface area contributed by atoms with Crippen LogP contribution < -0.4 is 5.32 Å². The van der Waals surface area contributed by atoms with Crippen molar-refractivity contribution in [2.45, 2.75) is 56.5 Å². The minimum absolute atomic E-state index is 0.0624. The summed E-state index contributed by atoms with van der Waals surface area (Å²) >= 11 is 1.60. The van der Waals surface area contributed by atoms with E-state index in [1.54, 1.807) is 18.7 Å². The molecule has 1 amide bonds. The van der Waals surface area contributed by atoms with E-state index < -0.39 is 18.0 Å². The zero-order valence-electron chi connectivity index (χ0n) is 16.4. The van der Waals surface area contributed by atoms with Gasteiger partial charge in [-0.15, -0.1) is 11.8 Å². The first-order chi connectivity index (χ1) is 13.4. The van der Waals surface area contributed by atoms with Gasteiger partial charge in [0, 0.05) is 41.7 Å². The predicted molar refractivity (Wildman–Crippen MR) is 107 cm³/mol. The lowest BCUT2D eigenvalue weighted by molar-refractivity contribution is -0.163. The zero-order valence-corrected chi connectivity index (χ0v) is 17.2. The zero-order chi connectivity index (χ0) is 20.0. The minimum atomic E-state index is -1.05. The largest absolute Gasteiger partial charge is 0.477 e. The van der Waals surface area contributed by atoms with Crippen LogP contribution >= 0.6 is 11.8 Å². The van der Waals surface area contributed by atoms with E-state index in [0.29, 0.717) is 6.04 Å². The number of nitrogens with zero attached hydrogens (tertiary/aromatic N) is 2. The highest BCUT2D eigenvalue weighted by Gasteiger charge is 2.60. The Labute approximate surface area is 169 Å². The van der Waals surface area contributed by atoms with Crippen LogP contribution in [-0.2, 0) is 9.59 Å². The Morgan fingerprint density at radius 2 is 2.07 bits per heavy atom. The van der Waals surface area contributed by atoms with Gasteiger partial charge in [0.2, 0.25) is 5.91 Å². The van der Waals surface area contributed by atoms with Gasteiger partial charge in [-0.05, 0) is 32.4 Å². The molecule has 0 aromatic heterocycles. The van der Waals surface area contributed by atoms with Crippen molar-refractivity contribution in [3.05, 3.63) is 22.9 Å². The van der Waals surface area contributed by atoms with Crippen molar-refractivity contribution in [3.63, 3.8) is 0 Å². The summed E-state index contributed by atoms with van der Waals surface area (Å²) in [6.07, 6.45) is 7.11. The van der Waals surface area contributed by atoms with Crippen LogP contribution in [-0.4, -0.2) is 75.0 Å². The number of hydrogen-bond acceptors (Lipinski definition) is 6. The SMILES string of the molecule is CC1C(S[C@H]2CN[C@H](/C=C/N3CCCC3)C2)=C(C(=O)O)N2C(=O)[C@H]([C@@H](C)O)C12. The maximum atomic E-state index is 12.4. The van der Waals surface area contributed by atoms with Crippen LogP contribution in [0, 0.1) is 11.8 Å². The van der Waals surface area contributed by atoms with Gasteiger partial charge in [-0.3, -0.25) is 4.79 Å². The van der Waals surface area contributed by atoms with E-state index in [1.807, 2.05) is 6.92 Å². The van der Waals surface area contributed by atoms with Crippen LogP contribution in [0.25, 0.3) is 0 Å². The van der Waals surface area contributed by atoms with Crippen molar-refractivity contribution in [2.75, 3.05) is 19.6 Å². The first kappa shape index (κ1) is 19.8. The molecule has 0 aromatic rings. The average molecular weight is 408 g/mol. The lowest BCUT2D eigenvalue weighted by Gasteiger charge is -2.46. The topological polar surface area (TPSA) is 93.1 Å². The molecule has 0 radical (unpaired) electrons. The van der Waals surface area contributed by atoms with Crippen molar-refractivity contribution < 1.29 is 19.8 Å². The quantitative estimate of drug-likeness (QED) is 0.570. The molecule has 3 fully saturated rings. The Balaban J connectivity index is 1.44. The van der Waals surface area contributed by atoms with Gasteiger partial charge in [0.05, 0.1) is 18.1 Å². The second kappa shape index (κ2) is 7.72. The number of thioether (sulfide) groups is 1. The molecule has 3 N–H and O–H groups in total. The molecule has 0 aromatic carbocycles. The van der Waals surface area contributed by atoms with Crippen molar-refractivity contribution in [2.24, 2.45) is 11.8 Å². The Morgan fingerprint density at radius 1 is 1.36 bits per heavy atom. The number of nitrogens with one attached hydrogen (secondary N) is 1. The van der Waals surface area contributed by atoms with Gasteiger partial charge in [-0.1, -0.05) is 13.0 Å². The summed E-state index contributed by atoms with van der Waals surface area (Å²) in [7, 11) is 0. The van der Waals surface area contributed by atoms with Crippen molar-refractivity contribution >= 4 is 23.6 Å². The van der Waals surface area contributed by atoms with Crippen molar-refractivity contribution in [1.82, 2.24) is 15.1 Å². The van der Waals surface area contributed by atoms with Crippen LogP contribution in [0.4, 0.5) is 0 Å². The average Bonchev–Trinajstić information content (AvgIpc) is 3.34. The summed E-state index contributed by atoms with van der Waals surface area (Å²) in [4.78, 5) is 28.9. The van der Waals surface area contributed by atoms with E-state index in [4.69, 9.17) is 0 Å². The fraction of sp³-hybridized carbons (Fsp3) is 0.700. The number of carboxylic acids is 1. The van der Waals surface area contributed by atoms with Gasteiger partial charge < -0.3 is 25.3 Å². The molecule has 154 valence electrons. The standard InChI is InChI=1S/C20H29N3O4S/c1-11-16-15(12(2)24)19(25)23(16)17(20(26)27)18(11)28-14-9-13(21-10-14)5-8-22-6-3-4-7-22/h5,8,11-16,21,24H,3-4,6-7,9-10H2,1-2H3,(H,26,27)/b8-5+/t11?,12-,13-,14-,15-,16?/m1/s1. The highest BCUT2D eigenvalue weighted by Crippen LogP contribution is 2.51. The number of aliphatic carboxylic acids is 1. The molecule has 4 aliphatic heterocycles. The Hall–Kier alpha value is -1.51. The van der Waals surface area contributed by atoms with Crippen molar-refractivity contribution in [3.8, 4) is 0 Å². The summed E-state index contributed by atoms with van der Waals surface area (Å²) in [5.74, 6) is -1.88. The molecule has 7 nitrogen and oxygen atoms in total. The van der Waals surface area contributed by atoms with Crippen LogP contribution in [0.2, 0.25) is 0 Å². The molecule has 0 aliphatic carbocycles. The summed E-state index contributed by atoms with van der Waals surface area (Å²) in [6, 6.07) is 0.0638. The second-order valence-corrected chi connectivity index (χ2v) is 9.69. The van der Waals surface area contributed by atoms with Crippen molar-refractivity contribution in [1.29, 1.82) is 0 Å². The summed E-state index contributed by atoms with van der Waals surface area (Å²) in [6.45, 7) is 6.66. The molecular formula is C20H29N3O4S. The third kappa shape index (κ3) is 3.35. The molecule has 6 atom stereocenters. The third-order valence-electron chi connectivity index (χ3n) is 6.40.